The Bertz CT molecular complexity index is 304. The minimum absolute atomic E-state index is 0.116. The van der Waals surface area contributed by atoms with Crippen molar-refractivity contribution in [3.05, 3.63) is 23.3 Å². The van der Waals surface area contributed by atoms with Gasteiger partial charge in [-0.1, -0.05) is 26.0 Å². The smallest absolute Gasteiger partial charge is 0.163 e. The van der Waals surface area contributed by atoms with Crippen molar-refractivity contribution in [3.63, 3.8) is 0 Å². The summed E-state index contributed by atoms with van der Waals surface area (Å²) >= 11 is 0. The maximum absolute atomic E-state index is 11.4. The van der Waals surface area contributed by atoms with Crippen LogP contribution in [0.3, 0.4) is 0 Å². The molecule has 0 aromatic rings. The lowest BCUT2D eigenvalue weighted by Crippen LogP contribution is -2.14. The molecule has 2 atom stereocenters. The van der Waals surface area contributed by atoms with Gasteiger partial charge >= 0.3 is 0 Å². The number of allylic oxidation sites excluding steroid dienone is 4. The highest BCUT2D eigenvalue weighted by Crippen LogP contribution is 2.32. The second kappa shape index (κ2) is 3.91. The Labute approximate surface area is 84.7 Å². The quantitative estimate of drug-likeness (QED) is 0.291. The molecule has 0 N–H and O–H groups in total. The number of Topliss-reactive ketones (excluding diaryl/α,β-unsaturated/α-hetero) is 2. The Hall–Kier alpha value is -1.18. The van der Waals surface area contributed by atoms with Crippen LogP contribution in [-0.4, -0.2) is 11.6 Å². The van der Waals surface area contributed by atoms with Crippen LogP contribution in [0.2, 0.25) is 0 Å². The molecule has 1 rings (SSSR count). The molecular weight excluding hydrogens is 176 g/mol. The Morgan fingerprint density at radius 2 is 1.36 bits per heavy atom. The summed E-state index contributed by atoms with van der Waals surface area (Å²) in [5.74, 6) is 0.199. The van der Waals surface area contributed by atoms with Crippen LogP contribution in [0.5, 0.6) is 0 Å². The average molecular weight is 192 g/mol. The Kier molecular flexibility index (Phi) is 3.04. The molecule has 0 aromatic heterocycles. The molecular formula is C12H16O2. The van der Waals surface area contributed by atoms with E-state index in [2.05, 4.69) is 0 Å². The van der Waals surface area contributed by atoms with Gasteiger partial charge in [0, 0.05) is 0 Å². The maximum Gasteiger partial charge on any atom is 0.163 e. The van der Waals surface area contributed by atoms with E-state index in [-0.39, 0.29) is 23.4 Å². The third kappa shape index (κ3) is 1.84. The van der Waals surface area contributed by atoms with Gasteiger partial charge in [0.2, 0.25) is 0 Å². The predicted octanol–water partition coefficient (Wildman–Crippen LogP) is 2.30. The van der Waals surface area contributed by atoms with Gasteiger partial charge in [-0.05, 0) is 31.3 Å². The molecule has 2 nitrogen and oxygen atoms in total. The largest absolute Gasteiger partial charge is 0.294 e. The molecule has 0 amide bonds. The molecule has 0 aliphatic heterocycles. The van der Waals surface area contributed by atoms with E-state index >= 15 is 0 Å². The van der Waals surface area contributed by atoms with Crippen molar-refractivity contribution in [2.24, 2.45) is 11.8 Å². The fourth-order valence-electron chi connectivity index (χ4n) is 2.07. The summed E-state index contributed by atoms with van der Waals surface area (Å²) in [6.07, 6.45) is 4.10. The van der Waals surface area contributed by atoms with Crippen LogP contribution in [0.25, 0.3) is 0 Å². The minimum atomic E-state index is -0.116. The summed E-state index contributed by atoms with van der Waals surface area (Å²) in [6, 6.07) is 0. The van der Waals surface area contributed by atoms with Gasteiger partial charge in [-0.15, -0.1) is 0 Å². The molecule has 0 saturated carbocycles. The van der Waals surface area contributed by atoms with Crippen molar-refractivity contribution in [3.8, 4) is 0 Å². The highest BCUT2D eigenvalue weighted by atomic mass is 16.1. The van der Waals surface area contributed by atoms with Gasteiger partial charge in [0.25, 0.3) is 0 Å². The molecule has 76 valence electrons. The van der Waals surface area contributed by atoms with Gasteiger partial charge in [0.05, 0.1) is 5.57 Å². The molecule has 14 heavy (non-hydrogen) atoms. The highest BCUT2D eigenvalue weighted by Gasteiger charge is 2.26. The fraction of sp³-hybridized carbons (Fsp3) is 0.500. The van der Waals surface area contributed by atoms with Gasteiger partial charge in [0.1, 0.15) is 0 Å². The number of hydrogen-bond donors (Lipinski definition) is 0. The Morgan fingerprint density at radius 1 is 1.00 bits per heavy atom. The topological polar surface area (TPSA) is 34.1 Å². The molecule has 0 heterocycles. The maximum atomic E-state index is 11.4. The van der Waals surface area contributed by atoms with E-state index in [4.69, 9.17) is 0 Å². The van der Waals surface area contributed by atoms with Gasteiger partial charge in [-0.2, -0.15) is 0 Å². The fourth-order valence-corrected chi connectivity index (χ4v) is 2.07. The standard InChI is InChI=1S/C12H16O2/c1-7-5-6-8(2)11(7)12(9(3)13)10(4)14/h5-8H,1-4H3. The zero-order valence-corrected chi connectivity index (χ0v) is 9.13. The second-order valence-electron chi connectivity index (χ2n) is 3.90. The summed E-state index contributed by atoms with van der Waals surface area (Å²) in [5, 5.41) is 0. The number of rotatable bonds is 2. The summed E-state index contributed by atoms with van der Waals surface area (Å²) in [7, 11) is 0. The van der Waals surface area contributed by atoms with Crippen molar-refractivity contribution in [1.82, 2.24) is 0 Å². The minimum Gasteiger partial charge on any atom is -0.294 e. The zero-order chi connectivity index (χ0) is 10.9. The number of hydrogen-bond acceptors (Lipinski definition) is 2. The van der Waals surface area contributed by atoms with Gasteiger partial charge in [-0.25, -0.2) is 0 Å². The monoisotopic (exact) mass is 192 g/mol. The molecule has 0 spiro atoms. The van der Waals surface area contributed by atoms with Crippen molar-refractivity contribution in [1.29, 1.82) is 0 Å². The second-order valence-corrected chi connectivity index (χ2v) is 3.90. The van der Waals surface area contributed by atoms with Gasteiger partial charge in [0.15, 0.2) is 11.6 Å². The summed E-state index contributed by atoms with van der Waals surface area (Å²) in [4.78, 5) is 22.7. The van der Waals surface area contributed by atoms with Crippen LogP contribution in [0, 0.1) is 11.8 Å². The lowest BCUT2D eigenvalue weighted by atomic mass is 9.89. The van der Waals surface area contributed by atoms with Crippen LogP contribution < -0.4 is 0 Å². The number of carbonyl (C=O) groups is 2. The van der Waals surface area contributed by atoms with Crippen LogP contribution in [0.1, 0.15) is 27.7 Å². The van der Waals surface area contributed by atoms with Crippen LogP contribution >= 0.6 is 0 Å². The van der Waals surface area contributed by atoms with E-state index in [1.54, 1.807) is 0 Å². The normalized spacial score (nSPS) is 25.3. The van der Waals surface area contributed by atoms with Crippen molar-refractivity contribution < 1.29 is 9.59 Å². The van der Waals surface area contributed by atoms with Crippen molar-refractivity contribution >= 4 is 11.6 Å². The molecule has 0 aromatic carbocycles. The number of ketones is 2. The third-order valence-electron chi connectivity index (χ3n) is 2.66. The molecule has 2 unspecified atom stereocenters. The number of carbonyl (C=O) groups excluding carboxylic acids is 2. The van der Waals surface area contributed by atoms with Crippen molar-refractivity contribution in [2.75, 3.05) is 0 Å². The van der Waals surface area contributed by atoms with E-state index in [0.717, 1.165) is 5.57 Å². The molecule has 1 aliphatic carbocycles. The van der Waals surface area contributed by atoms with E-state index in [0.29, 0.717) is 5.57 Å². The summed E-state index contributed by atoms with van der Waals surface area (Å²) in [5.41, 5.74) is 1.38. The van der Waals surface area contributed by atoms with Crippen LogP contribution in [-0.2, 0) is 9.59 Å². The first-order valence-corrected chi connectivity index (χ1v) is 4.89. The van der Waals surface area contributed by atoms with E-state index < -0.39 is 0 Å². The van der Waals surface area contributed by atoms with Crippen LogP contribution in [0.4, 0.5) is 0 Å². The third-order valence-corrected chi connectivity index (χ3v) is 2.66. The molecule has 2 heteroatoms. The zero-order valence-electron chi connectivity index (χ0n) is 9.13. The summed E-state index contributed by atoms with van der Waals surface area (Å²) < 4.78 is 0. The van der Waals surface area contributed by atoms with E-state index in [1.807, 2.05) is 26.0 Å². The Balaban J connectivity index is 3.24. The molecule has 0 saturated heterocycles. The molecule has 0 radical (unpaired) electrons. The lowest BCUT2D eigenvalue weighted by molar-refractivity contribution is -0.119. The predicted molar refractivity (Wildman–Crippen MR) is 55.9 cm³/mol. The first kappa shape index (κ1) is 10.9. The Morgan fingerprint density at radius 3 is 1.64 bits per heavy atom. The van der Waals surface area contributed by atoms with E-state index in [1.165, 1.54) is 13.8 Å². The summed E-state index contributed by atoms with van der Waals surface area (Å²) in [6.45, 7) is 6.95. The average Bonchev–Trinajstić information content (AvgIpc) is 2.34. The van der Waals surface area contributed by atoms with E-state index in [9.17, 15) is 9.59 Å². The van der Waals surface area contributed by atoms with Gasteiger partial charge in [-0.3, -0.25) is 9.59 Å². The molecule has 1 aliphatic rings. The van der Waals surface area contributed by atoms with Crippen LogP contribution in [0.15, 0.2) is 23.3 Å². The molecule has 0 bridgehead atoms. The first-order valence-electron chi connectivity index (χ1n) is 4.89. The first-order chi connectivity index (χ1) is 6.45. The highest BCUT2D eigenvalue weighted by molar-refractivity contribution is 6.19. The van der Waals surface area contributed by atoms with Gasteiger partial charge < -0.3 is 0 Å². The lowest BCUT2D eigenvalue weighted by Gasteiger charge is -2.14. The van der Waals surface area contributed by atoms with Crippen molar-refractivity contribution in [2.45, 2.75) is 27.7 Å². The molecule has 0 fully saturated rings. The SMILES string of the molecule is CC(=O)C(C(C)=O)=C1C(C)C=CC1C.